The smallest absolute Gasteiger partial charge is 0.429 e. The van der Waals surface area contributed by atoms with Gasteiger partial charge >= 0.3 is 6.18 Å². The summed E-state index contributed by atoms with van der Waals surface area (Å²) in [6.07, 6.45) is -7.24. The van der Waals surface area contributed by atoms with E-state index in [1.54, 1.807) is 0 Å². The number of benzene rings is 1. The van der Waals surface area contributed by atoms with Crippen LogP contribution in [0.2, 0.25) is 0 Å². The number of hydrogen-bond donors (Lipinski definition) is 0. The van der Waals surface area contributed by atoms with E-state index in [1.807, 2.05) is 0 Å². The van der Waals surface area contributed by atoms with Crippen LogP contribution in [0.3, 0.4) is 0 Å². The highest BCUT2D eigenvalue weighted by Crippen LogP contribution is 2.34. The summed E-state index contributed by atoms with van der Waals surface area (Å²) in [4.78, 5) is 0. The van der Waals surface area contributed by atoms with Gasteiger partial charge in [0.15, 0.2) is 0 Å². The van der Waals surface area contributed by atoms with Gasteiger partial charge in [0, 0.05) is 11.1 Å². The molecule has 0 bridgehead atoms. The molecule has 17 heavy (non-hydrogen) atoms. The molecule has 1 atom stereocenters. The van der Waals surface area contributed by atoms with Crippen molar-refractivity contribution in [3.05, 3.63) is 35.4 Å². The van der Waals surface area contributed by atoms with Crippen LogP contribution in [0.25, 0.3) is 6.08 Å². The molecule has 1 aromatic rings. The van der Waals surface area contributed by atoms with E-state index in [0.29, 0.717) is 0 Å². The van der Waals surface area contributed by atoms with Gasteiger partial charge in [-0.25, -0.2) is 8.78 Å². The van der Waals surface area contributed by atoms with Crippen molar-refractivity contribution < 1.29 is 26.7 Å². The van der Waals surface area contributed by atoms with Gasteiger partial charge in [-0.2, -0.15) is 13.2 Å². The predicted molar refractivity (Wildman–Crippen MR) is 50.9 cm³/mol. The molecule has 1 aliphatic rings. The molecule has 0 aromatic heterocycles. The van der Waals surface area contributed by atoms with Crippen LogP contribution in [0.5, 0.6) is 5.75 Å². The Bertz CT molecular complexity index is 450. The van der Waals surface area contributed by atoms with Crippen molar-refractivity contribution in [2.24, 2.45) is 0 Å². The molecule has 0 N–H and O–H groups in total. The van der Waals surface area contributed by atoms with Gasteiger partial charge < -0.3 is 4.74 Å². The second kappa shape index (κ2) is 4.01. The minimum atomic E-state index is -4.50. The Balaban J connectivity index is 2.30. The molecule has 0 unspecified atom stereocenters. The Kier molecular flexibility index (Phi) is 2.81. The summed E-state index contributed by atoms with van der Waals surface area (Å²) in [6.45, 7) is 0. The molecule has 1 aromatic carbocycles. The lowest BCUT2D eigenvalue weighted by Crippen LogP contribution is -2.33. The summed E-state index contributed by atoms with van der Waals surface area (Å²) >= 11 is 0. The van der Waals surface area contributed by atoms with E-state index in [1.165, 1.54) is 0 Å². The number of ether oxygens (including phenoxy) is 1. The highest BCUT2D eigenvalue weighted by molar-refractivity contribution is 5.61. The lowest BCUT2D eigenvalue weighted by Gasteiger charge is -2.23. The topological polar surface area (TPSA) is 9.23 Å². The first-order valence-electron chi connectivity index (χ1n) is 4.71. The van der Waals surface area contributed by atoms with E-state index in [2.05, 4.69) is 4.74 Å². The third-order valence-electron chi connectivity index (χ3n) is 2.31. The van der Waals surface area contributed by atoms with Crippen molar-refractivity contribution in [3.63, 3.8) is 0 Å². The summed E-state index contributed by atoms with van der Waals surface area (Å²) in [6, 6.07) is 3.29. The molecular formula is C11H7F5O. The maximum Gasteiger partial charge on any atom is 0.429 e. The number of fused-ring (bicyclic) bond motifs is 1. The molecule has 92 valence electrons. The number of halogens is 5. The van der Waals surface area contributed by atoms with Gasteiger partial charge in [0.05, 0.1) is 0 Å². The highest BCUT2D eigenvalue weighted by Gasteiger charge is 2.41. The molecule has 1 heterocycles. The van der Waals surface area contributed by atoms with Crippen molar-refractivity contribution in [3.8, 4) is 5.75 Å². The average Bonchev–Trinajstić information content (AvgIpc) is 2.26. The summed E-state index contributed by atoms with van der Waals surface area (Å²) in [5.41, 5.74) is -0.0224. The fourth-order valence-electron chi connectivity index (χ4n) is 1.48. The van der Waals surface area contributed by atoms with Crippen LogP contribution >= 0.6 is 0 Å². The number of hydrogen-bond acceptors (Lipinski definition) is 1. The van der Waals surface area contributed by atoms with Gasteiger partial charge in [0.25, 0.3) is 6.43 Å². The number of alkyl halides is 5. The molecule has 0 saturated carbocycles. The molecule has 0 radical (unpaired) electrons. The molecule has 0 spiro atoms. The van der Waals surface area contributed by atoms with E-state index >= 15 is 0 Å². The largest absolute Gasteiger partial charge is 0.476 e. The van der Waals surface area contributed by atoms with E-state index in [0.717, 1.165) is 30.4 Å². The molecule has 1 aliphatic heterocycles. The molecule has 1 nitrogen and oxygen atoms in total. The third-order valence-corrected chi connectivity index (χ3v) is 2.31. The van der Waals surface area contributed by atoms with E-state index in [4.69, 9.17) is 0 Å². The van der Waals surface area contributed by atoms with E-state index < -0.39 is 18.7 Å². The maximum atomic E-state index is 12.4. The van der Waals surface area contributed by atoms with Crippen LogP contribution in [0.15, 0.2) is 24.3 Å². The summed E-state index contributed by atoms with van der Waals surface area (Å²) in [7, 11) is 0. The first-order chi connectivity index (χ1) is 7.88. The molecule has 0 amide bonds. The fraction of sp³-hybridized carbons (Fsp3) is 0.273. The molecular weight excluding hydrogens is 243 g/mol. The molecule has 6 heteroatoms. The Morgan fingerprint density at radius 3 is 2.47 bits per heavy atom. The summed E-state index contributed by atoms with van der Waals surface area (Å²) in [5.74, 6) is -0.0424. The van der Waals surface area contributed by atoms with Crippen molar-refractivity contribution in [1.82, 2.24) is 0 Å². The predicted octanol–water partition coefficient (Wildman–Crippen LogP) is 3.96. The Morgan fingerprint density at radius 1 is 1.18 bits per heavy atom. The van der Waals surface area contributed by atoms with Crippen molar-refractivity contribution in [1.29, 1.82) is 0 Å². The van der Waals surface area contributed by atoms with Crippen molar-refractivity contribution >= 4 is 6.08 Å². The quantitative estimate of drug-likeness (QED) is 0.685. The van der Waals surface area contributed by atoms with Crippen LogP contribution in [-0.2, 0) is 0 Å². The maximum absolute atomic E-state index is 12.4. The summed E-state index contributed by atoms with van der Waals surface area (Å²) in [5, 5.41) is 0. The Morgan fingerprint density at radius 2 is 1.88 bits per heavy atom. The SMILES string of the molecule is FC(F)c1ccc2c(c1)C=C[C@@H](C(F)(F)F)O2. The van der Waals surface area contributed by atoms with Gasteiger partial charge in [-0.3, -0.25) is 0 Å². The van der Waals surface area contributed by atoms with Gasteiger partial charge in [-0.15, -0.1) is 0 Å². The minimum absolute atomic E-state index is 0.0424. The normalized spacial score (nSPS) is 19.1. The number of rotatable bonds is 1. The van der Waals surface area contributed by atoms with E-state index in [-0.39, 0.29) is 16.9 Å². The third kappa shape index (κ3) is 2.40. The molecule has 2 rings (SSSR count). The zero-order valence-electron chi connectivity index (χ0n) is 8.34. The molecule has 0 fully saturated rings. The van der Waals surface area contributed by atoms with Crippen molar-refractivity contribution in [2.75, 3.05) is 0 Å². The average molecular weight is 250 g/mol. The second-order valence-corrected chi connectivity index (χ2v) is 3.54. The van der Waals surface area contributed by atoms with Crippen LogP contribution in [0.4, 0.5) is 22.0 Å². The Labute approximate surface area is 93.5 Å². The zero-order chi connectivity index (χ0) is 12.6. The van der Waals surface area contributed by atoms with Gasteiger partial charge in [-0.05, 0) is 24.3 Å². The van der Waals surface area contributed by atoms with Crippen LogP contribution in [-0.4, -0.2) is 12.3 Å². The Hall–Kier alpha value is -1.59. The summed E-state index contributed by atoms with van der Waals surface area (Å²) < 4.78 is 66.4. The fourth-order valence-corrected chi connectivity index (χ4v) is 1.48. The standard InChI is InChI=1S/C11H7F5O/c12-10(13)7-1-3-8-6(5-7)2-4-9(17-8)11(14,15)16/h1-5,9-10H/t9-/m0/s1. The van der Waals surface area contributed by atoms with Crippen LogP contribution < -0.4 is 4.74 Å². The monoisotopic (exact) mass is 250 g/mol. The highest BCUT2D eigenvalue weighted by atomic mass is 19.4. The lowest BCUT2D eigenvalue weighted by atomic mass is 10.1. The molecule has 0 aliphatic carbocycles. The van der Waals surface area contributed by atoms with Gasteiger partial charge in [0.2, 0.25) is 6.10 Å². The van der Waals surface area contributed by atoms with Crippen LogP contribution in [0.1, 0.15) is 17.6 Å². The first-order valence-corrected chi connectivity index (χ1v) is 4.71. The lowest BCUT2D eigenvalue weighted by molar-refractivity contribution is -0.180. The van der Waals surface area contributed by atoms with E-state index in [9.17, 15) is 22.0 Å². The van der Waals surface area contributed by atoms with Crippen LogP contribution in [0, 0.1) is 0 Å². The molecule has 0 saturated heterocycles. The minimum Gasteiger partial charge on any atom is -0.476 e. The zero-order valence-corrected chi connectivity index (χ0v) is 8.34. The van der Waals surface area contributed by atoms with Gasteiger partial charge in [-0.1, -0.05) is 6.08 Å². The second-order valence-electron chi connectivity index (χ2n) is 3.54. The first kappa shape index (κ1) is 11.9. The van der Waals surface area contributed by atoms with Gasteiger partial charge in [0.1, 0.15) is 5.75 Å². The van der Waals surface area contributed by atoms with Crippen molar-refractivity contribution in [2.45, 2.75) is 18.7 Å².